The molecule has 2 aliphatic heterocycles. The molecular weight excluding hydrogens is 528 g/mol. The normalized spacial score (nSPS) is 21.0. The number of epoxide rings is 2. The van der Waals surface area contributed by atoms with Crippen LogP contribution in [0.25, 0.3) is 0 Å². The second kappa shape index (κ2) is 26.9. The maximum absolute atomic E-state index is 10.4. The Balaban J connectivity index is 0.000000420. The first kappa shape index (κ1) is 38.4. The molecule has 6 heteroatoms. The number of carboxylic acid groups (broad SMARTS) is 2. The summed E-state index contributed by atoms with van der Waals surface area (Å²) in [5, 5.41) is 17.1. The van der Waals surface area contributed by atoms with Gasteiger partial charge < -0.3 is 19.7 Å². The Morgan fingerprint density at radius 3 is 1.36 bits per heavy atom. The quantitative estimate of drug-likeness (QED) is 0.0532. The molecule has 2 fully saturated rings. The Hall–Kier alpha value is -1.66. The molecule has 0 saturated carbocycles. The molecule has 4 atom stereocenters. The third kappa shape index (κ3) is 24.9. The molecule has 6 nitrogen and oxygen atoms in total. The van der Waals surface area contributed by atoms with Crippen LogP contribution in [-0.2, 0) is 19.1 Å². The van der Waals surface area contributed by atoms with Crippen LogP contribution < -0.4 is 0 Å². The molecule has 244 valence electrons. The van der Waals surface area contributed by atoms with Crippen LogP contribution in [0.15, 0.2) is 24.3 Å². The highest BCUT2D eigenvalue weighted by Crippen LogP contribution is 2.31. The van der Waals surface area contributed by atoms with Crippen molar-refractivity contribution in [1.29, 1.82) is 0 Å². The van der Waals surface area contributed by atoms with E-state index in [2.05, 4.69) is 38.2 Å². The highest BCUT2D eigenvalue weighted by atomic mass is 16.6. The molecule has 2 saturated heterocycles. The molecule has 0 aromatic heterocycles. The molecule has 0 amide bonds. The molecule has 2 heterocycles. The lowest BCUT2D eigenvalue weighted by Gasteiger charge is -1.99. The maximum atomic E-state index is 10.4. The summed E-state index contributed by atoms with van der Waals surface area (Å²) in [5.74, 6) is -1.35. The first-order chi connectivity index (χ1) is 20.5. The Kier molecular flexibility index (Phi) is 24.6. The van der Waals surface area contributed by atoms with Gasteiger partial charge in [-0.05, 0) is 64.2 Å². The van der Waals surface area contributed by atoms with Gasteiger partial charge in [0, 0.05) is 12.8 Å². The van der Waals surface area contributed by atoms with E-state index in [4.69, 9.17) is 19.7 Å². The fourth-order valence-electron chi connectivity index (χ4n) is 5.31. The van der Waals surface area contributed by atoms with Crippen LogP contribution in [0, 0.1) is 0 Å². The lowest BCUT2D eigenvalue weighted by molar-refractivity contribution is -0.138. The summed E-state index contributed by atoms with van der Waals surface area (Å²) in [5.41, 5.74) is 0. The van der Waals surface area contributed by atoms with E-state index < -0.39 is 11.9 Å². The Morgan fingerprint density at radius 1 is 0.500 bits per heavy atom. The first-order valence-electron chi connectivity index (χ1n) is 17.5. The van der Waals surface area contributed by atoms with Crippen LogP contribution in [0.2, 0.25) is 0 Å². The van der Waals surface area contributed by atoms with E-state index in [-0.39, 0.29) is 0 Å². The van der Waals surface area contributed by atoms with Gasteiger partial charge in [-0.2, -0.15) is 0 Å². The van der Waals surface area contributed by atoms with Crippen LogP contribution >= 0.6 is 0 Å². The van der Waals surface area contributed by atoms with Crippen molar-refractivity contribution in [3.63, 3.8) is 0 Å². The van der Waals surface area contributed by atoms with Gasteiger partial charge in [0.25, 0.3) is 0 Å². The number of aliphatic carboxylic acids is 2. The topological polar surface area (TPSA) is 99.7 Å². The van der Waals surface area contributed by atoms with E-state index in [1.807, 2.05) is 0 Å². The van der Waals surface area contributed by atoms with E-state index in [0.717, 1.165) is 57.8 Å². The van der Waals surface area contributed by atoms with Crippen LogP contribution in [0.4, 0.5) is 0 Å². The van der Waals surface area contributed by atoms with Gasteiger partial charge in [0.15, 0.2) is 0 Å². The van der Waals surface area contributed by atoms with Gasteiger partial charge in [-0.15, -0.1) is 0 Å². The van der Waals surface area contributed by atoms with Crippen LogP contribution in [0.5, 0.6) is 0 Å². The summed E-state index contributed by atoms with van der Waals surface area (Å²) in [6.07, 6.45) is 37.5. The number of carboxylic acids is 2. The smallest absolute Gasteiger partial charge is 0.303 e. The largest absolute Gasteiger partial charge is 0.481 e. The fourth-order valence-corrected chi connectivity index (χ4v) is 5.31. The van der Waals surface area contributed by atoms with Gasteiger partial charge in [-0.25, -0.2) is 0 Å². The van der Waals surface area contributed by atoms with Crippen molar-refractivity contribution < 1.29 is 29.3 Å². The predicted molar refractivity (Wildman–Crippen MR) is 173 cm³/mol. The number of unbranched alkanes of at least 4 members (excludes halogenated alkanes) is 14. The van der Waals surface area contributed by atoms with Crippen LogP contribution in [0.3, 0.4) is 0 Å². The molecule has 0 bridgehead atoms. The molecule has 0 aromatic rings. The van der Waals surface area contributed by atoms with Crippen LogP contribution in [0.1, 0.15) is 168 Å². The summed E-state index contributed by atoms with van der Waals surface area (Å²) in [6.45, 7) is 4.47. The van der Waals surface area contributed by atoms with E-state index in [9.17, 15) is 9.59 Å². The minimum atomic E-state index is -0.674. The van der Waals surface area contributed by atoms with Crippen molar-refractivity contribution in [2.45, 2.75) is 192 Å². The third-order valence-corrected chi connectivity index (χ3v) is 8.15. The Bertz CT molecular complexity index is 718. The standard InChI is InChI=1S/2C18H32O3/c1-2-3-10-13-16-17(21-16)14-11-8-6-4-5-7-9-12-15-18(19)20;1-2-3-4-5-7-10-13-16-17(21-16)14-11-8-6-9-12-15-18(19)20/h8,11,16-17H,2-7,9-10,12-15H2,1H3,(H,19,20);7,10,16-17H,2-6,8-9,11-15H2,1H3,(H,19,20)/b11-8-;/t16-,17+;/m1./s1. The van der Waals surface area contributed by atoms with Crippen LogP contribution in [-0.4, -0.2) is 46.6 Å². The predicted octanol–water partition coefficient (Wildman–Crippen LogP) is 10.2. The van der Waals surface area contributed by atoms with E-state index in [1.165, 1.54) is 83.5 Å². The lowest BCUT2D eigenvalue weighted by Crippen LogP contribution is -1.94. The Labute approximate surface area is 257 Å². The average Bonchev–Trinajstić information content (AvgIpc) is 3.88. The minimum Gasteiger partial charge on any atom is -0.481 e. The number of carbonyl (C=O) groups is 2. The second-order valence-corrected chi connectivity index (χ2v) is 12.2. The summed E-state index contributed by atoms with van der Waals surface area (Å²) in [6, 6.07) is 0. The van der Waals surface area contributed by atoms with E-state index in [0.29, 0.717) is 37.3 Å². The van der Waals surface area contributed by atoms with Crippen molar-refractivity contribution in [2.75, 3.05) is 0 Å². The van der Waals surface area contributed by atoms with Crippen molar-refractivity contribution in [2.24, 2.45) is 0 Å². The van der Waals surface area contributed by atoms with Gasteiger partial charge >= 0.3 is 11.9 Å². The number of rotatable bonds is 28. The maximum Gasteiger partial charge on any atom is 0.303 e. The monoisotopic (exact) mass is 592 g/mol. The molecule has 42 heavy (non-hydrogen) atoms. The third-order valence-electron chi connectivity index (χ3n) is 8.15. The molecule has 2 rings (SSSR count). The summed E-state index contributed by atoms with van der Waals surface area (Å²) < 4.78 is 11.3. The second-order valence-electron chi connectivity index (χ2n) is 12.2. The average molecular weight is 593 g/mol. The van der Waals surface area contributed by atoms with Crippen molar-refractivity contribution in [3.8, 4) is 0 Å². The van der Waals surface area contributed by atoms with Gasteiger partial charge in [0.2, 0.25) is 0 Å². The summed E-state index contributed by atoms with van der Waals surface area (Å²) >= 11 is 0. The molecule has 0 radical (unpaired) electrons. The van der Waals surface area contributed by atoms with E-state index >= 15 is 0 Å². The highest BCUT2D eigenvalue weighted by Gasteiger charge is 2.37. The molecule has 2 N–H and O–H groups in total. The molecule has 2 aliphatic rings. The zero-order chi connectivity index (χ0) is 30.7. The molecule has 0 aliphatic carbocycles. The van der Waals surface area contributed by atoms with Gasteiger partial charge in [-0.3, -0.25) is 9.59 Å². The van der Waals surface area contributed by atoms with Crippen molar-refractivity contribution >= 4 is 11.9 Å². The number of hydrogen-bond donors (Lipinski definition) is 2. The zero-order valence-corrected chi connectivity index (χ0v) is 27.1. The summed E-state index contributed by atoms with van der Waals surface area (Å²) in [7, 11) is 0. The zero-order valence-electron chi connectivity index (χ0n) is 27.1. The van der Waals surface area contributed by atoms with E-state index in [1.54, 1.807) is 0 Å². The Morgan fingerprint density at radius 2 is 0.881 bits per heavy atom. The van der Waals surface area contributed by atoms with Crippen molar-refractivity contribution in [3.05, 3.63) is 24.3 Å². The SMILES string of the molecule is CCCCCC=CCC1OC1CCCCCCCC(=O)O.CCCCC[C@H]1O[C@H]1C/C=C\CCCCCCCC(=O)O. The molecule has 2 unspecified atom stereocenters. The summed E-state index contributed by atoms with van der Waals surface area (Å²) in [4.78, 5) is 20.7. The lowest BCUT2D eigenvalue weighted by atomic mass is 10.1. The number of hydrogen-bond acceptors (Lipinski definition) is 4. The van der Waals surface area contributed by atoms with Crippen molar-refractivity contribution in [1.82, 2.24) is 0 Å². The van der Waals surface area contributed by atoms with Gasteiger partial charge in [0.1, 0.15) is 0 Å². The highest BCUT2D eigenvalue weighted by molar-refractivity contribution is 5.66. The first-order valence-corrected chi connectivity index (χ1v) is 17.5. The van der Waals surface area contributed by atoms with Gasteiger partial charge in [0.05, 0.1) is 24.4 Å². The van der Waals surface area contributed by atoms with Gasteiger partial charge in [-0.1, -0.05) is 115 Å². The minimum absolute atomic E-state index is 0.318. The molecular formula is C36H64O6. The number of ether oxygens (including phenoxy) is 2. The molecule has 0 spiro atoms. The molecule has 0 aromatic carbocycles. The fraction of sp³-hybridized carbons (Fsp3) is 0.833. The number of allylic oxidation sites excluding steroid dienone is 2.